The summed E-state index contributed by atoms with van der Waals surface area (Å²) in [6.45, 7) is 40.8. The first-order valence-electron chi connectivity index (χ1n) is 36.3. The third-order valence-electron chi connectivity index (χ3n) is 17.2. The number of likely N-dealkylation sites (tertiary alicyclic amines) is 1. The van der Waals surface area contributed by atoms with Gasteiger partial charge in [0.05, 0.1) is 45.2 Å². The van der Waals surface area contributed by atoms with E-state index in [1.54, 1.807) is 45.6 Å². The van der Waals surface area contributed by atoms with Gasteiger partial charge in [-0.15, -0.1) is 0 Å². The number of benzene rings is 5. The summed E-state index contributed by atoms with van der Waals surface area (Å²) < 4.78 is 21.2. The normalized spacial score (nSPS) is 14.0. The van der Waals surface area contributed by atoms with Gasteiger partial charge in [-0.1, -0.05) is 206 Å². The molecular formula is C84H124Cl2N4O10. The Morgan fingerprint density at radius 3 is 1.65 bits per heavy atom. The number of halogens is 2. The highest BCUT2D eigenvalue weighted by molar-refractivity contribution is 6.31. The monoisotopic (exact) mass is 1420 g/mol. The minimum absolute atomic E-state index is 0.0111. The van der Waals surface area contributed by atoms with Crippen molar-refractivity contribution in [2.45, 2.75) is 218 Å². The van der Waals surface area contributed by atoms with Gasteiger partial charge in [0.15, 0.2) is 23.0 Å². The second-order valence-electron chi connectivity index (χ2n) is 28.0. The average Bonchev–Trinajstić information content (AvgIpc) is 1.28. The molecule has 100 heavy (non-hydrogen) atoms. The van der Waals surface area contributed by atoms with Crippen LogP contribution in [0.5, 0.6) is 23.0 Å². The number of furan rings is 1. The molecule has 7 rings (SSSR count). The highest BCUT2D eigenvalue weighted by atomic mass is 35.5. The number of phenolic OH excluding ortho intramolecular Hbond substituents is 1. The second-order valence-corrected chi connectivity index (χ2v) is 28.8. The molecule has 1 saturated heterocycles. The summed E-state index contributed by atoms with van der Waals surface area (Å²) in [5.74, 6) is 7.39. The number of methoxy groups -OCH3 is 2. The zero-order valence-corrected chi connectivity index (χ0v) is 65.7. The highest BCUT2D eigenvalue weighted by Gasteiger charge is 2.26. The van der Waals surface area contributed by atoms with Gasteiger partial charge >= 0.3 is 0 Å². The zero-order valence-electron chi connectivity index (χ0n) is 64.1. The lowest BCUT2D eigenvalue weighted by Gasteiger charge is -2.24. The third-order valence-corrected chi connectivity index (χ3v) is 17.8. The number of carbonyl (C=O) groups is 5. The molecule has 16 heteroatoms. The fraction of sp³-hybridized carbons (Fsp3) is 0.536. The van der Waals surface area contributed by atoms with Crippen molar-refractivity contribution in [2.75, 3.05) is 40.5 Å². The number of hydrogen-bond donors (Lipinski definition) is 4. The molecule has 4 N–H and O–H groups in total. The van der Waals surface area contributed by atoms with E-state index < -0.39 is 0 Å². The van der Waals surface area contributed by atoms with Gasteiger partial charge in [0.1, 0.15) is 17.3 Å². The molecule has 6 aromatic rings. The van der Waals surface area contributed by atoms with Crippen molar-refractivity contribution < 1.29 is 47.7 Å². The Morgan fingerprint density at radius 1 is 0.580 bits per heavy atom. The van der Waals surface area contributed by atoms with Crippen LogP contribution in [0.2, 0.25) is 10.0 Å². The Kier molecular flexibility index (Phi) is 43.3. The molecule has 0 saturated carbocycles. The van der Waals surface area contributed by atoms with E-state index in [0.29, 0.717) is 78.9 Å². The third kappa shape index (κ3) is 33.6. The van der Waals surface area contributed by atoms with Crippen LogP contribution in [0.25, 0.3) is 0 Å². The van der Waals surface area contributed by atoms with Crippen LogP contribution in [-0.4, -0.2) is 79.8 Å². The fourth-order valence-corrected chi connectivity index (χ4v) is 12.1. The van der Waals surface area contributed by atoms with Gasteiger partial charge in [0.2, 0.25) is 17.7 Å². The number of phenols is 1. The molecule has 554 valence electrons. The van der Waals surface area contributed by atoms with Gasteiger partial charge in [-0.2, -0.15) is 0 Å². The van der Waals surface area contributed by atoms with Gasteiger partial charge in [-0.3, -0.25) is 19.2 Å². The van der Waals surface area contributed by atoms with Gasteiger partial charge in [-0.05, 0) is 169 Å². The molecule has 6 unspecified atom stereocenters. The number of rotatable bonds is 30. The minimum Gasteiger partial charge on any atom is -0.504 e. The molecule has 0 aliphatic carbocycles. The van der Waals surface area contributed by atoms with Crippen molar-refractivity contribution >= 4 is 52.5 Å². The van der Waals surface area contributed by atoms with E-state index in [1.807, 2.05) is 113 Å². The summed E-state index contributed by atoms with van der Waals surface area (Å²) in [5, 5.41) is 20.2. The van der Waals surface area contributed by atoms with Crippen LogP contribution in [0.4, 0.5) is 0 Å². The number of ether oxygens (including phenoxy) is 3. The number of ketones is 2. The maximum atomic E-state index is 11.8. The molecule has 0 spiro atoms. The molecule has 1 aliphatic heterocycles. The Bertz CT molecular complexity index is 3260. The molecule has 14 nitrogen and oxygen atoms in total. The van der Waals surface area contributed by atoms with E-state index >= 15 is 0 Å². The molecule has 0 radical (unpaired) electrons. The van der Waals surface area contributed by atoms with E-state index in [2.05, 4.69) is 127 Å². The number of aromatic hydroxyl groups is 1. The maximum absolute atomic E-state index is 11.8. The smallest absolute Gasteiger partial charge is 0.220 e. The number of carbonyl (C=O) groups excluding carboxylic acids is 5. The van der Waals surface area contributed by atoms with Crippen LogP contribution in [-0.2, 0) is 24.0 Å². The fourth-order valence-electron chi connectivity index (χ4n) is 11.7. The minimum atomic E-state index is -0.0812. The SMILES string of the molecule is CC(=O)CC(c1ccco1)C(C)C.CC(C)CN1CCC(c2ccccc2)C1.CCC(=O)CC(c1ccc(OC)c(OC)c1)C(C)C.CCCC(=O)NC(c1ccc(Cl)cc1)C(C)C.CCCCC(=O)NC(c1ccccc1Cl)C(C)C.CCOc1cc(C(NC(C)=O)C(C)C)ccc1O. The second kappa shape index (κ2) is 48.7. The van der Waals surface area contributed by atoms with Crippen LogP contribution in [0.15, 0.2) is 138 Å². The first kappa shape index (κ1) is 89.0. The standard InChI is InChI=1S/C16H24O3.C15H22ClNO.C14H20ClNO.C14H21NO3.C14H21N.C11H16O2/c1-6-13(17)10-14(11(2)3)12-7-8-15(18-4)16(9-12)19-5;1-4-5-10-14(18)17-15(11(2)3)12-8-6-7-9-13(12)16;1-4-5-13(17)16-14(10(2)3)11-6-8-12(15)9-7-11;1-5-18-13-8-11(6-7-12(13)17)14(9(2)3)15-10(4)16;1-12(2)10-15-9-8-14(11-15)13-6-4-3-5-7-13;1-8(2)10(7-9(3)12)11-5-4-6-13-11/h7-9,11,14H,6,10H2,1-5H3;6-9,11,15H,4-5,10H2,1-3H3,(H,17,18);6-10,14H,4-5H2,1-3H3,(H,16,17);6-9,14,17H,5H2,1-4H3,(H,15,16);3-7,12,14H,8-11H2,1-2H3;4-6,8,10H,7H2,1-3H3. The van der Waals surface area contributed by atoms with Crippen molar-refractivity contribution in [3.8, 4) is 23.0 Å². The molecule has 1 fully saturated rings. The van der Waals surface area contributed by atoms with E-state index in [4.69, 9.17) is 41.8 Å². The van der Waals surface area contributed by atoms with Gasteiger partial charge in [0, 0.05) is 68.1 Å². The summed E-state index contributed by atoms with van der Waals surface area (Å²) in [5.41, 5.74) is 5.69. The molecular weight excluding hydrogens is 1300 g/mol. The molecule has 5 aromatic carbocycles. The van der Waals surface area contributed by atoms with Crippen LogP contribution in [0.3, 0.4) is 0 Å². The van der Waals surface area contributed by atoms with Crippen LogP contribution >= 0.6 is 23.2 Å². The van der Waals surface area contributed by atoms with Crippen LogP contribution < -0.4 is 30.2 Å². The van der Waals surface area contributed by atoms with Crippen molar-refractivity contribution in [2.24, 2.45) is 35.5 Å². The van der Waals surface area contributed by atoms with E-state index in [-0.39, 0.29) is 65.1 Å². The predicted molar refractivity (Wildman–Crippen MR) is 413 cm³/mol. The Balaban J connectivity index is 0.000000409. The van der Waals surface area contributed by atoms with Crippen LogP contribution in [0, 0.1) is 35.5 Å². The van der Waals surface area contributed by atoms with Gasteiger partial charge in [-0.25, -0.2) is 0 Å². The molecule has 1 aliphatic rings. The first-order valence-corrected chi connectivity index (χ1v) is 37.1. The number of Topliss-reactive ketones (excluding diaryl/α,β-unsaturated/α-hetero) is 2. The predicted octanol–water partition coefficient (Wildman–Crippen LogP) is 20.9. The van der Waals surface area contributed by atoms with Gasteiger partial charge in [0.25, 0.3) is 0 Å². The van der Waals surface area contributed by atoms with E-state index in [0.717, 1.165) is 75.6 Å². The Morgan fingerprint density at radius 2 is 1.14 bits per heavy atom. The molecule has 0 bridgehead atoms. The number of unbranched alkanes of at least 4 members (excludes halogenated alkanes) is 1. The summed E-state index contributed by atoms with van der Waals surface area (Å²) in [7, 11) is 3.25. The largest absolute Gasteiger partial charge is 0.504 e. The molecule has 3 amide bonds. The first-order chi connectivity index (χ1) is 47.4. The van der Waals surface area contributed by atoms with Crippen LogP contribution in [0.1, 0.15) is 252 Å². The number of hydrogen-bond acceptors (Lipinski definition) is 11. The lowest BCUT2D eigenvalue weighted by atomic mass is 9.84. The molecule has 6 atom stereocenters. The van der Waals surface area contributed by atoms with E-state index in [1.165, 1.54) is 38.5 Å². The number of nitrogens with zero attached hydrogens (tertiary/aromatic N) is 1. The van der Waals surface area contributed by atoms with Gasteiger partial charge < -0.3 is 49.4 Å². The number of amides is 3. The summed E-state index contributed by atoms with van der Waals surface area (Å²) in [6.07, 6.45) is 8.75. The average molecular weight is 1420 g/mol. The van der Waals surface area contributed by atoms with Crippen molar-refractivity contribution in [3.05, 3.63) is 177 Å². The summed E-state index contributed by atoms with van der Waals surface area (Å²) in [4.78, 5) is 60.1. The van der Waals surface area contributed by atoms with E-state index in [9.17, 15) is 29.1 Å². The number of nitrogens with one attached hydrogen (secondary N) is 3. The lowest BCUT2D eigenvalue weighted by molar-refractivity contribution is -0.123. The quantitative estimate of drug-likeness (QED) is 0.0336. The maximum Gasteiger partial charge on any atom is 0.220 e. The van der Waals surface area contributed by atoms with Crippen molar-refractivity contribution in [1.29, 1.82) is 0 Å². The molecule has 1 aromatic heterocycles. The topological polar surface area (TPSA) is 186 Å². The Hall–Kier alpha value is -7.13. The Labute approximate surface area is 612 Å². The van der Waals surface area contributed by atoms with Crippen molar-refractivity contribution in [1.82, 2.24) is 20.9 Å². The van der Waals surface area contributed by atoms with Crippen molar-refractivity contribution in [3.63, 3.8) is 0 Å². The molecule has 2 heterocycles. The lowest BCUT2D eigenvalue weighted by Crippen LogP contribution is -2.31. The highest BCUT2D eigenvalue weighted by Crippen LogP contribution is 2.37. The summed E-state index contributed by atoms with van der Waals surface area (Å²) in [6, 6.07) is 41.2. The summed E-state index contributed by atoms with van der Waals surface area (Å²) >= 11 is 12.1. The zero-order chi connectivity index (χ0) is 75.0.